The maximum Gasteiger partial charge on any atom is 0.165 e. The minimum atomic E-state index is 0.830. The molecule has 1 N–H and O–H groups in total. The lowest BCUT2D eigenvalue weighted by molar-refractivity contribution is 0.508. The molecule has 0 saturated carbocycles. The molecule has 3 heterocycles. The lowest BCUT2D eigenvalue weighted by Gasteiger charge is -2.15. The van der Waals surface area contributed by atoms with Gasteiger partial charge in [0, 0.05) is 24.0 Å². The van der Waals surface area contributed by atoms with Crippen molar-refractivity contribution >= 4 is 11.3 Å². The average Bonchev–Trinajstić information content (AvgIpc) is 2.83. The quantitative estimate of drug-likeness (QED) is 0.790. The molecule has 0 unspecified atom stereocenters. The van der Waals surface area contributed by atoms with Crippen LogP contribution in [0.25, 0.3) is 11.4 Å². The third-order valence-corrected chi connectivity index (χ3v) is 3.58. The Bertz CT molecular complexity index is 485. The van der Waals surface area contributed by atoms with Crippen molar-refractivity contribution in [2.45, 2.75) is 20.0 Å². The first kappa shape index (κ1) is 9.06. The van der Waals surface area contributed by atoms with Crippen LogP contribution in [0.5, 0.6) is 0 Å². The standard InChI is InChI=1S/C10H12N4S/c1-7-5-15-6-8(7)10-13-12-9-4-11-2-3-14(9)10/h5-6,11H,2-4H2,1H3. The number of rotatable bonds is 1. The van der Waals surface area contributed by atoms with Crippen molar-refractivity contribution in [1.82, 2.24) is 20.1 Å². The van der Waals surface area contributed by atoms with Crippen molar-refractivity contribution in [3.63, 3.8) is 0 Å². The zero-order valence-corrected chi connectivity index (χ0v) is 9.34. The van der Waals surface area contributed by atoms with Crippen LogP contribution in [0, 0.1) is 6.92 Å². The molecule has 0 saturated heterocycles. The Kier molecular flexibility index (Phi) is 2.07. The first-order chi connectivity index (χ1) is 7.36. The van der Waals surface area contributed by atoms with E-state index in [0.717, 1.165) is 31.3 Å². The van der Waals surface area contributed by atoms with Gasteiger partial charge in [0.05, 0.1) is 6.54 Å². The van der Waals surface area contributed by atoms with Crippen molar-refractivity contribution in [3.8, 4) is 11.4 Å². The molecule has 0 atom stereocenters. The van der Waals surface area contributed by atoms with Gasteiger partial charge in [0.25, 0.3) is 0 Å². The molecule has 0 bridgehead atoms. The monoisotopic (exact) mass is 220 g/mol. The zero-order chi connectivity index (χ0) is 10.3. The van der Waals surface area contributed by atoms with Crippen molar-refractivity contribution in [3.05, 3.63) is 22.1 Å². The molecule has 1 aliphatic heterocycles. The smallest absolute Gasteiger partial charge is 0.165 e. The fourth-order valence-electron chi connectivity index (χ4n) is 1.88. The molecule has 0 aromatic carbocycles. The van der Waals surface area contributed by atoms with Gasteiger partial charge < -0.3 is 9.88 Å². The second kappa shape index (κ2) is 3.43. The van der Waals surface area contributed by atoms with Crippen LogP contribution >= 0.6 is 11.3 Å². The third kappa shape index (κ3) is 1.39. The number of fused-ring (bicyclic) bond motifs is 1. The lowest BCUT2D eigenvalue weighted by Crippen LogP contribution is -2.28. The maximum atomic E-state index is 4.28. The van der Waals surface area contributed by atoms with E-state index >= 15 is 0 Å². The highest BCUT2D eigenvalue weighted by atomic mass is 32.1. The lowest BCUT2D eigenvalue weighted by atomic mass is 10.2. The molecule has 2 aromatic rings. The van der Waals surface area contributed by atoms with Crippen molar-refractivity contribution < 1.29 is 0 Å². The van der Waals surface area contributed by atoms with E-state index in [1.165, 1.54) is 11.1 Å². The molecule has 3 rings (SSSR count). The Morgan fingerprint density at radius 1 is 1.40 bits per heavy atom. The normalized spacial score (nSPS) is 15.3. The van der Waals surface area contributed by atoms with Crippen LogP contribution in [-0.2, 0) is 13.1 Å². The van der Waals surface area contributed by atoms with E-state index in [0.29, 0.717) is 0 Å². The van der Waals surface area contributed by atoms with Crippen LogP contribution < -0.4 is 5.32 Å². The summed E-state index contributed by atoms with van der Waals surface area (Å²) in [5, 5.41) is 16.1. The van der Waals surface area contributed by atoms with Crippen LogP contribution in [0.3, 0.4) is 0 Å². The number of aromatic nitrogens is 3. The highest BCUT2D eigenvalue weighted by molar-refractivity contribution is 7.08. The van der Waals surface area contributed by atoms with Crippen LogP contribution in [0.2, 0.25) is 0 Å². The van der Waals surface area contributed by atoms with Gasteiger partial charge in [-0.05, 0) is 17.9 Å². The van der Waals surface area contributed by atoms with Gasteiger partial charge in [-0.3, -0.25) is 0 Å². The van der Waals surface area contributed by atoms with E-state index in [2.05, 4.69) is 37.8 Å². The molecule has 5 heteroatoms. The minimum Gasteiger partial charge on any atom is -0.309 e. The molecule has 0 spiro atoms. The van der Waals surface area contributed by atoms with Crippen LogP contribution in [-0.4, -0.2) is 21.3 Å². The summed E-state index contributed by atoms with van der Waals surface area (Å²) in [4.78, 5) is 0. The summed E-state index contributed by atoms with van der Waals surface area (Å²) >= 11 is 1.72. The summed E-state index contributed by atoms with van der Waals surface area (Å²) in [7, 11) is 0. The van der Waals surface area contributed by atoms with Gasteiger partial charge in [0.15, 0.2) is 5.82 Å². The largest absolute Gasteiger partial charge is 0.309 e. The number of hydrogen-bond donors (Lipinski definition) is 1. The second-order valence-corrected chi connectivity index (χ2v) is 4.48. The van der Waals surface area contributed by atoms with E-state index in [-0.39, 0.29) is 0 Å². The molecule has 0 amide bonds. The second-order valence-electron chi connectivity index (χ2n) is 3.74. The molecule has 15 heavy (non-hydrogen) atoms. The minimum absolute atomic E-state index is 0.830. The van der Waals surface area contributed by atoms with Gasteiger partial charge in [-0.2, -0.15) is 11.3 Å². The summed E-state index contributed by atoms with van der Waals surface area (Å²) in [5.41, 5.74) is 2.51. The Labute approximate surface area is 92.0 Å². The average molecular weight is 220 g/mol. The summed E-state index contributed by atoms with van der Waals surface area (Å²) in [6, 6.07) is 0. The molecule has 0 radical (unpaired) electrons. The number of nitrogens with zero attached hydrogens (tertiary/aromatic N) is 3. The van der Waals surface area contributed by atoms with Gasteiger partial charge in [-0.15, -0.1) is 10.2 Å². The van der Waals surface area contributed by atoms with Crippen LogP contribution in [0.4, 0.5) is 0 Å². The molecular formula is C10H12N4S. The van der Waals surface area contributed by atoms with Crippen LogP contribution in [0.1, 0.15) is 11.4 Å². The zero-order valence-electron chi connectivity index (χ0n) is 8.53. The fraction of sp³-hybridized carbons (Fsp3) is 0.400. The summed E-state index contributed by atoms with van der Waals surface area (Å²) in [6.07, 6.45) is 0. The van der Waals surface area contributed by atoms with Crippen molar-refractivity contribution in [2.75, 3.05) is 6.54 Å². The van der Waals surface area contributed by atoms with E-state index < -0.39 is 0 Å². The van der Waals surface area contributed by atoms with Crippen molar-refractivity contribution in [1.29, 1.82) is 0 Å². The van der Waals surface area contributed by atoms with Gasteiger partial charge in [0.1, 0.15) is 5.82 Å². The molecule has 1 aliphatic rings. The maximum absolute atomic E-state index is 4.28. The predicted molar refractivity (Wildman–Crippen MR) is 59.8 cm³/mol. The van der Waals surface area contributed by atoms with Gasteiger partial charge >= 0.3 is 0 Å². The predicted octanol–water partition coefficient (Wildman–Crippen LogP) is 1.42. The van der Waals surface area contributed by atoms with Crippen LogP contribution in [0.15, 0.2) is 10.8 Å². The Balaban J connectivity index is 2.13. The first-order valence-corrected chi connectivity index (χ1v) is 5.96. The third-order valence-electron chi connectivity index (χ3n) is 2.72. The topological polar surface area (TPSA) is 42.7 Å². The number of aryl methyl sites for hydroxylation is 1. The number of hydrogen-bond acceptors (Lipinski definition) is 4. The molecule has 4 nitrogen and oxygen atoms in total. The number of nitrogens with one attached hydrogen (secondary N) is 1. The number of thiophene rings is 1. The van der Waals surface area contributed by atoms with Crippen molar-refractivity contribution in [2.24, 2.45) is 0 Å². The van der Waals surface area contributed by atoms with Gasteiger partial charge in [-0.1, -0.05) is 0 Å². The highest BCUT2D eigenvalue weighted by Crippen LogP contribution is 2.26. The molecule has 78 valence electrons. The summed E-state index contributed by atoms with van der Waals surface area (Å²) < 4.78 is 2.21. The first-order valence-electron chi connectivity index (χ1n) is 5.02. The molecule has 0 aliphatic carbocycles. The van der Waals surface area contributed by atoms with E-state index in [1.807, 2.05) is 0 Å². The summed E-state index contributed by atoms with van der Waals surface area (Å²) in [5.74, 6) is 2.06. The Hall–Kier alpha value is -1.20. The highest BCUT2D eigenvalue weighted by Gasteiger charge is 2.17. The van der Waals surface area contributed by atoms with E-state index in [4.69, 9.17) is 0 Å². The SMILES string of the molecule is Cc1cscc1-c1nnc2n1CCNC2. The molecule has 2 aromatic heterocycles. The molecular weight excluding hydrogens is 208 g/mol. The van der Waals surface area contributed by atoms with E-state index in [9.17, 15) is 0 Å². The summed E-state index contributed by atoms with van der Waals surface area (Å²) in [6.45, 7) is 4.92. The van der Waals surface area contributed by atoms with Gasteiger partial charge in [0.2, 0.25) is 0 Å². The van der Waals surface area contributed by atoms with E-state index in [1.54, 1.807) is 11.3 Å². The Morgan fingerprint density at radius 2 is 2.33 bits per heavy atom. The fourth-order valence-corrected chi connectivity index (χ4v) is 2.71. The molecule has 0 fully saturated rings. The van der Waals surface area contributed by atoms with Gasteiger partial charge in [-0.25, -0.2) is 0 Å². The Morgan fingerprint density at radius 3 is 3.13 bits per heavy atom.